The topological polar surface area (TPSA) is 29.5 Å². The third kappa shape index (κ3) is 2.67. The van der Waals surface area contributed by atoms with Crippen LogP contribution < -0.4 is 0 Å². The normalized spacial score (nSPS) is 16.1. The maximum Gasteiger partial charge on any atom is 0.417 e. The Labute approximate surface area is 110 Å². The Kier molecular flexibility index (Phi) is 3.63. The van der Waals surface area contributed by atoms with Gasteiger partial charge < -0.3 is 0 Å². The van der Waals surface area contributed by atoms with E-state index < -0.39 is 17.6 Å². The molecule has 0 radical (unpaired) electrons. The van der Waals surface area contributed by atoms with Crippen LogP contribution in [-0.4, -0.2) is 24.1 Å². The summed E-state index contributed by atoms with van der Waals surface area (Å²) in [5.74, 6) is -0.550. The van der Waals surface area contributed by atoms with Crippen LogP contribution in [0.1, 0.15) is 22.3 Å². The van der Waals surface area contributed by atoms with Crippen molar-refractivity contribution in [3.63, 3.8) is 0 Å². The van der Waals surface area contributed by atoms with Gasteiger partial charge in [-0.15, -0.1) is 0 Å². The Bertz CT molecular complexity index is 470. The predicted molar refractivity (Wildman–Crippen MR) is 60.7 cm³/mol. The lowest BCUT2D eigenvalue weighted by atomic mass is 10.1. The molecule has 0 aromatic heterocycles. The van der Waals surface area contributed by atoms with Crippen molar-refractivity contribution in [1.82, 2.24) is 5.06 Å². The van der Waals surface area contributed by atoms with E-state index in [9.17, 15) is 18.0 Å². The summed E-state index contributed by atoms with van der Waals surface area (Å²) in [5.41, 5.74) is -0.903. The monoisotopic (exact) mass is 323 g/mol. The van der Waals surface area contributed by atoms with Crippen LogP contribution in [-0.2, 0) is 11.0 Å². The van der Waals surface area contributed by atoms with E-state index in [1.807, 2.05) is 0 Å². The molecule has 1 heterocycles. The highest BCUT2D eigenvalue weighted by atomic mass is 79.9. The average Bonchev–Trinajstić information content (AvgIpc) is 2.80. The average molecular weight is 324 g/mol. The molecular formula is C11H9BrF3NO2. The Hall–Kier alpha value is -1.08. The molecule has 0 bridgehead atoms. The van der Waals surface area contributed by atoms with E-state index in [1.165, 1.54) is 12.1 Å². The highest BCUT2D eigenvalue weighted by Crippen LogP contribution is 2.35. The van der Waals surface area contributed by atoms with Crippen molar-refractivity contribution >= 4 is 21.8 Å². The molecule has 0 spiro atoms. The number of hydroxylamine groups is 2. The molecular weight excluding hydrogens is 315 g/mol. The molecule has 0 aliphatic carbocycles. The molecule has 1 fully saturated rings. The third-order valence-electron chi connectivity index (χ3n) is 2.50. The van der Waals surface area contributed by atoms with Crippen molar-refractivity contribution in [3.05, 3.63) is 33.8 Å². The molecule has 1 aliphatic rings. The zero-order valence-corrected chi connectivity index (χ0v) is 10.7. The molecule has 0 atom stereocenters. The lowest BCUT2D eigenvalue weighted by Crippen LogP contribution is -2.26. The van der Waals surface area contributed by atoms with E-state index in [0.717, 1.165) is 11.1 Å². The van der Waals surface area contributed by atoms with Gasteiger partial charge in [-0.05, 0) is 24.6 Å². The van der Waals surface area contributed by atoms with Crippen molar-refractivity contribution in [2.75, 3.05) is 13.2 Å². The number of halogens is 4. The minimum absolute atomic E-state index is 0.0348. The number of carbonyl (C=O) groups is 1. The molecule has 18 heavy (non-hydrogen) atoms. The zero-order valence-electron chi connectivity index (χ0n) is 9.13. The summed E-state index contributed by atoms with van der Waals surface area (Å²) >= 11 is 2.82. The van der Waals surface area contributed by atoms with E-state index in [4.69, 9.17) is 4.84 Å². The minimum Gasteiger partial charge on any atom is -0.271 e. The number of rotatable bonds is 1. The minimum atomic E-state index is -4.50. The highest BCUT2D eigenvalue weighted by Gasteiger charge is 2.34. The van der Waals surface area contributed by atoms with E-state index >= 15 is 0 Å². The maximum atomic E-state index is 12.7. The molecule has 1 aromatic carbocycles. The Morgan fingerprint density at radius 1 is 1.39 bits per heavy atom. The summed E-state index contributed by atoms with van der Waals surface area (Å²) in [7, 11) is 0. The Morgan fingerprint density at radius 2 is 2.11 bits per heavy atom. The first-order chi connectivity index (χ1) is 8.39. The number of hydrogen-bond acceptors (Lipinski definition) is 2. The smallest absolute Gasteiger partial charge is 0.271 e. The summed E-state index contributed by atoms with van der Waals surface area (Å²) < 4.78 is 38.0. The molecule has 2 rings (SSSR count). The van der Waals surface area contributed by atoms with Gasteiger partial charge in [0.15, 0.2) is 0 Å². The standard InChI is InChI=1S/C11H9BrF3NO2/c12-9-3-2-7(6-8(9)11(13,14)15)10(17)16-4-1-5-18-16/h2-3,6H,1,4-5H2. The largest absolute Gasteiger partial charge is 0.417 e. The lowest BCUT2D eigenvalue weighted by Gasteiger charge is -2.15. The molecule has 3 nitrogen and oxygen atoms in total. The van der Waals surface area contributed by atoms with Gasteiger partial charge in [-0.25, -0.2) is 5.06 Å². The van der Waals surface area contributed by atoms with Gasteiger partial charge >= 0.3 is 6.18 Å². The van der Waals surface area contributed by atoms with Crippen LogP contribution in [0, 0.1) is 0 Å². The lowest BCUT2D eigenvalue weighted by molar-refractivity contribution is -0.138. The van der Waals surface area contributed by atoms with Gasteiger partial charge in [0.1, 0.15) is 0 Å². The summed E-state index contributed by atoms with van der Waals surface area (Å²) in [6, 6.07) is 3.38. The van der Waals surface area contributed by atoms with E-state index in [-0.39, 0.29) is 10.0 Å². The number of alkyl halides is 3. The van der Waals surface area contributed by atoms with Gasteiger partial charge in [0, 0.05) is 10.0 Å². The van der Waals surface area contributed by atoms with Gasteiger partial charge in [-0.3, -0.25) is 9.63 Å². The summed E-state index contributed by atoms with van der Waals surface area (Å²) in [5, 5.41) is 1.09. The molecule has 98 valence electrons. The second kappa shape index (κ2) is 4.89. The first kappa shape index (κ1) is 13.4. The van der Waals surface area contributed by atoms with Crippen LogP contribution in [0.3, 0.4) is 0 Å². The SMILES string of the molecule is O=C(c1ccc(Br)c(C(F)(F)F)c1)N1CCCO1. The van der Waals surface area contributed by atoms with Crippen molar-refractivity contribution < 1.29 is 22.8 Å². The molecule has 0 saturated carbocycles. The quantitative estimate of drug-likeness (QED) is 0.794. The number of hydrogen-bond donors (Lipinski definition) is 0. The summed E-state index contributed by atoms with van der Waals surface area (Å²) in [6.07, 6.45) is -3.81. The van der Waals surface area contributed by atoms with Gasteiger partial charge in [-0.2, -0.15) is 13.2 Å². The van der Waals surface area contributed by atoms with Gasteiger partial charge in [0.05, 0.1) is 18.7 Å². The van der Waals surface area contributed by atoms with Crippen molar-refractivity contribution in [1.29, 1.82) is 0 Å². The fourth-order valence-electron chi connectivity index (χ4n) is 1.63. The Morgan fingerprint density at radius 3 is 2.67 bits per heavy atom. The second-order valence-electron chi connectivity index (χ2n) is 3.79. The fraction of sp³-hybridized carbons (Fsp3) is 0.364. The molecule has 1 aliphatic heterocycles. The van der Waals surface area contributed by atoms with E-state index in [0.29, 0.717) is 19.6 Å². The van der Waals surface area contributed by atoms with Crippen molar-refractivity contribution in [2.24, 2.45) is 0 Å². The van der Waals surface area contributed by atoms with E-state index in [1.54, 1.807) is 0 Å². The van der Waals surface area contributed by atoms with Crippen LogP contribution in [0.2, 0.25) is 0 Å². The van der Waals surface area contributed by atoms with Crippen molar-refractivity contribution in [3.8, 4) is 0 Å². The van der Waals surface area contributed by atoms with Crippen LogP contribution in [0.5, 0.6) is 0 Å². The number of carbonyl (C=O) groups excluding carboxylic acids is 1. The van der Waals surface area contributed by atoms with Crippen LogP contribution >= 0.6 is 15.9 Å². The number of nitrogens with zero attached hydrogens (tertiary/aromatic N) is 1. The molecule has 1 aromatic rings. The number of amides is 1. The zero-order chi connectivity index (χ0) is 13.3. The third-order valence-corrected chi connectivity index (χ3v) is 3.19. The first-order valence-corrected chi connectivity index (χ1v) is 6.00. The fourth-order valence-corrected chi connectivity index (χ4v) is 2.10. The van der Waals surface area contributed by atoms with Gasteiger partial charge in [0.2, 0.25) is 0 Å². The van der Waals surface area contributed by atoms with Gasteiger partial charge in [0.25, 0.3) is 5.91 Å². The highest BCUT2D eigenvalue weighted by molar-refractivity contribution is 9.10. The van der Waals surface area contributed by atoms with E-state index in [2.05, 4.69) is 15.9 Å². The number of benzene rings is 1. The summed E-state index contributed by atoms with van der Waals surface area (Å²) in [4.78, 5) is 16.9. The molecule has 0 unspecified atom stereocenters. The van der Waals surface area contributed by atoms with Crippen LogP contribution in [0.25, 0.3) is 0 Å². The second-order valence-corrected chi connectivity index (χ2v) is 4.64. The first-order valence-electron chi connectivity index (χ1n) is 5.21. The van der Waals surface area contributed by atoms with Crippen molar-refractivity contribution in [2.45, 2.75) is 12.6 Å². The maximum absolute atomic E-state index is 12.7. The molecule has 7 heteroatoms. The molecule has 1 saturated heterocycles. The van der Waals surface area contributed by atoms with Crippen LogP contribution in [0.15, 0.2) is 22.7 Å². The van der Waals surface area contributed by atoms with Crippen LogP contribution in [0.4, 0.5) is 13.2 Å². The predicted octanol–water partition coefficient (Wildman–Crippen LogP) is 3.25. The van der Waals surface area contributed by atoms with Gasteiger partial charge in [-0.1, -0.05) is 15.9 Å². The Balaban J connectivity index is 2.32. The summed E-state index contributed by atoms with van der Waals surface area (Å²) in [6.45, 7) is 0.810. The molecule has 1 amide bonds. The molecule has 0 N–H and O–H groups in total.